The van der Waals surface area contributed by atoms with E-state index in [4.69, 9.17) is 4.74 Å². The molecule has 1 fully saturated rings. The Balaban J connectivity index is 1.70. The number of ether oxygens (including phenoxy) is 1. The lowest BCUT2D eigenvalue weighted by molar-refractivity contribution is -0.132. The molecule has 1 saturated heterocycles. The first kappa shape index (κ1) is 23.4. The molecule has 3 aromatic carbocycles. The fourth-order valence-corrected chi connectivity index (χ4v) is 5.14. The number of hydrogen-bond acceptors (Lipinski definition) is 7. The number of carbonyl (C=O) groups is 3. The fourth-order valence-electron chi connectivity index (χ4n) is 4.12. The summed E-state index contributed by atoms with van der Waals surface area (Å²) in [5, 5.41) is 11.4. The average Bonchev–Trinajstić information content (AvgIpc) is 3.41. The predicted molar refractivity (Wildman–Crippen MR) is 133 cm³/mol. The molecule has 0 bridgehead atoms. The molecule has 1 N–H and O–H groups in total. The van der Waals surface area contributed by atoms with Crippen LogP contribution in [-0.4, -0.2) is 34.9 Å². The minimum absolute atomic E-state index is 0.111. The molecule has 1 aromatic heterocycles. The van der Waals surface area contributed by atoms with Gasteiger partial charge in [0.1, 0.15) is 11.6 Å². The number of hydrogen-bond donors (Lipinski definition) is 1. The monoisotopic (exact) mass is 502 g/mol. The van der Waals surface area contributed by atoms with E-state index in [0.29, 0.717) is 21.3 Å². The van der Waals surface area contributed by atoms with Gasteiger partial charge in [-0.3, -0.25) is 14.5 Å². The minimum atomic E-state index is -1.02. The maximum absolute atomic E-state index is 13.8. The van der Waals surface area contributed by atoms with Crippen LogP contribution in [0.3, 0.4) is 0 Å². The lowest BCUT2D eigenvalue weighted by Crippen LogP contribution is -2.29. The number of carbonyl (C=O) groups excluding carboxylic acids is 3. The SMILES string of the molecule is COC(=O)c1ccc(C2/C(=C(\O)c3ccc(C)cc3)C(=O)C(=O)N2c2nc3ccc(F)cc3s2)cc1. The molecule has 0 spiro atoms. The van der Waals surface area contributed by atoms with Crippen LogP contribution in [0, 0.1) is 12.7 Å². The second kappa shape index (κ2) is 9.01. The summed E-state index contributed by atoms with van der Waals surface area (Å²) in [6, 6.07) is 16.1. The summed E-state index contributed by atoms with van der Waals surface area (Å²) in [7, 11) is 1.27. The second-order valence-corrected chi connectivity index (χ2v) is 9.27. The van der Waals surface area contributed by atoms with E-state index in [9.17, 15) is 23.9 Å². The standard InChI is InChI=1S/C27H19FN2O5S/c1-14-3-5-16(6-4-14)23(31)21-22(15-7-9-17(10-8-15)26(34)35-2)30(25(33)24(21)32)27-29-19-12-11-18(28)13-20(19)36-27/h3-13,22,31H,1-2H3/b23-21+. The molecular weight excluding hydrogens is 483 g/mol. The molecule has 0 aliphatic carbocycles. The van der Waals surface area contributed by atoms with Crippen LogP contribution in [0.5, 0.6) is 0 Å². The quantitative estimate of drug-likeness (QED) is 0.179. The van der Waals surface area contributed by atoms with Gasteiger partial charge in [-0.25, -0.2) is 14.2 Å². The van der Waals surface area contributed by atoms with Crippen molar-refractivity contribution < 1.29 is 28.6 Å². The molecular formula is C27H19FN2O5S. The van der Waals surface area contributed by atoms with Crippen molar-refractivity contribution in [2.75, 3.05) is 12.0 Å². The first-order valence-electron chi connectivity index (χ1n) is 10.9. The van der Waals surface area contributed by atoms with Crippen molar-refractivity contribution in [3.63, 3.8) is 0 Å². The molecule has 1 aliphatic rings. The van der Waals surface area contributed by atoms with E-state index in [-0.39, 0.29) is 22.0 Å². The summed E-state index contributed by atoms with van der Waals surface area (Å²) >= 11 is 1.06. The summed E-state index contributed by atoms with van der Waals surface area (Å²) in [5.74, 6) is -3.06. The van der Waals surface area contributed by atoms with Gasteiger partial charge < -0.3 is 9.84 Å². The lowest BCUT2D eigenvalue weighted by Gasteiger charge is -2.23. The maximum Gasteiger partial charge on any atom is 0.337 e. The number of aliphatic hydroxyl groups is 1. The fraction of sp³-hybridized carbons (Fsp3) is 0.111. The molecule has 9 heteroatoms. The molecule has 1 atom stereocenters. The van der Waals surface area contributed by atoms with Gasteiger partial charge >= 0.3 is 11.9 Å². The lowest BCUT2D eigenvalue weighted by atomic mass is 9.94. The first-order valence-corrected chi connectivity index (χ1v) is 11.7. The Morgan fingerprint density at radius 2 is 1.69 bits per heavy atom. The molecule has 0 saturated carbocycles. The Labute approximate surface area is 209 Å². The summed E-state index contributed by atoms with van der Waals surface area (Å²) in [6.45, 7) is 1.89. The molecule has 0 radical (unpaired) electrons. The predicted octanol–water partition coefficient (Wildman–Crippen LogP) is 5.16. The van der Waals surface area contributed by atoms with Gasteiger partial charge in [0.25, 0.3) is 5.78 Å². The number of halogens is 1. The normalized spacial score (nSPS) is 17.1. The van der Waals surface area contributed by atoms with Crippen molar-refractivity contribution in [2.24, 2.45) is 0 Å². The smallest absolute Gasteiger partial charge is 0.337 e. The molecule has 4 aromatic rings. The van der Waals surface area contributed by atoms with Crippen molar-refractivity contribution in [1.29, 1.82) is 0 Å². The van der Waals surface area contributed by atoms with Crippen molar-refractivity contribution >= 4 is 50.1 Å². The van der Waals surface area contributed by atoms with Crippen molar-refractivity contribution in [2.45, 2.75) is 13.0 Å². The number of nitrogens with zero attached hydrogens (tertiary/aromatic N) is 2. The number of methoxy groups -OCH3 is 1. The average molecular weight is 503 g/mol. The zero-order valence-electron chi connectivity index (χ0n) is 19.2. The number of esters is 1. The Morgan fingerprint density at radius 3 is 2.36 bits per heavy atom. The Kier molecular flexibility index (Phi) is 5.85. The van der Waals surface area contributed by atoms with Gasteiger partial charge in [-0.15, -0.1) is 0 Å². The third-order valence-corrected chi connectivity index (χ3v) is 6.98. The highest BCUT2D eigenvalue weighted by Gasteiger charge is 2.48. The topological polar surface area (TPSA) is 96.8 Å². The first-order chi connectivity index (χ1) is 17.3. The zero-order chi connectivity index (χ0) is 25.6. The summed E-state index contributed by atoms with van der Waals surface area (Å²) in [5.41, 5.74) is 2.45. The van der Waals surface area contributed by atoms with Gasteiger partial charge in [-0.05, 0) is 42.8 Å². The van der Waals surface area contributed by atoms with E-state index < -0.39 is 29.5 Å². The molecule has 7 nitrogen and oxygen atoms in total. The Hall–Kier alpha value is -4.37. The van der Waals surface area contributed by atoms with Gasteiger partial charge in [0.05, 0.1) is 34.5 Å². The number of aryl methyl sites for hydroxylation is 1. The van der Waals surface area contributed by atoms with E-state index in [0.717, 1.165) is 16.9 Å². The van der Waals surface area contributed by atoms with E-state index in [1.165, 1.54) is 42.3 Å². The highest BCUT2D eigenvalue weighted by molar-refractivity contribution is 7.22. The number of aliphatic hydroxyl groups excluding tert-OH is 1. The third kappa shape index (κ3) is 3.93. The molecule has 5 rings (SSSR count). The third-order valence-electron chi connectivity index (χ3n) is 5.96. The van der Waals surface area contributed by atoms with Gasteiger partial charge in [-0.1, -0.05) is 53.3 Å². The van der Waals surface area contributed by atoms with Gasteiger partial charge in [-0.2, -0.15) is 0 Å². The number of aromatic nitrogens is 1. The number of fused-ring (bicyclic) bond motifs is 1. The number of rotatable bonds is 4. The van der Waals surface area contributed by atoms with Crippen molar-refractivity contribution in [1.82, 2.24) is 4.98 Å². The largest absolute Gasteiger partial charge is 0.507 e. The van der Waals surface area contributed by atoms with Crippen molar-refractivity contribution in [3.8, 4) is 0 Å². The number of benzene rings is 3. The van der Waals surface area contributed by atoms with Gasteiger partial charge in [0.15, 0.2) is 5.13 Å². The second-order valence-electron chi connectivity index (χ2n) is 8.26. The van der Waals surface area contributed by atoms with E-state index in [1.807, 2.05) is 6.92 Å². The Bertz CT molecular complexity index is 1560. The molecule has 1 amide bonds. The summed E-state index contributed by atoms with van der Waals surface area (Å²) in [6.07, 6.45) is 0. The minimum Gasteiger partial charge on any atom is -0.507 e. The number of anilines is 1. The van der Waals surface area contributed by atoms with Crippen LogP contribution in [0.25, 0.3) is 16.0 Å². The number of thiazole rings is 1. The molecule has 1 unspecified atom stereocenters. The van der Waals surface area contributed by atoms with Crippen molar-refractivity contribution in [3.05, 3.63) is 100 Å². The van der Waals surface area contributed by atoms with Crippen LogP contribution >= 0.6 is 11.3 Å². The number of ketones is 1. The maximum atomic E-state index is 13.8. The van der Waals surface area contributed by atoms with E-state index >= 15 is 0 Å². The molecule has 1 aliphatic heterocycles. The van der Waals surface area contributed by atoms with Crippen LogP contribution in [0.4, 0.5) is 9.52 Å². The number of amides is 1. The van der Waals surface area contributed by atoms with E-state index in [2.05, 4.69) is 4.98 Å². The van der Waals surface area contributed by atoms with Gasteiger partial charge in [0.2, 0.25) is 0 Å². The van der Waals surface area contributed by atoms with Gasteiger partial charge in [0, 0.05) is 5.56 Å². The zero-order valence-corrected chi connectivity index (χ0v) is 20.0. The molecule has 36 heavy (non-hydrogen) atoms. The van der Waals surface area contributed by atoms with Crippen LogP contribution in [-0.2, 0) is 14.3 Å². The highest BCUT2D eigenvalue weighted by Crippen LogP contribution is 2.44. The van der Waals surface area contributed by atoms with Crippen LogP contribution in [0.15, 0.2) is 72.3 Å². The highest BCUT2D eigenvalue weighted by atomic mass is 32.1. The number of Topliss-reactive ketones (excluding diaryl/α,β-unsaturated/α-hetero) is 1. The van der Waals surface area contributed by atoms with E-state index in [1.54, 1.807) is 36.4 Å². The van der Waals surface area contributed by atoms with Crippen LogP contribution in [0.2, 0.25) is 0 Å². The van der Waals surface area contributed by atoms with Crippen LogP contribution < -0.4 is 4.90 Å². The molecule has 2 heterocycles. The summed E-state index contributed by atoms with van der Waals surface area (Å²) < 4.78 is 19.0. The molecule has 180 valence electrons. The summed E-state index contributed by atoms with van der Waals surface area (Å²) in [4.78, 5) is 44.2. The van der Waals surface area contributed by atoms with Crippen LogP contribution in [0.1, 0.15) is 33.1 Å². The Morgan fingerprint density at radius 1 is 1.03 bits per heavy atom.